The van der Waals surface area contributed by atoms with Crippen molar-refractivity contribution in [2.45, 2.75) is 41.6 Å². The monoisotopic (exact) mass is 319 g/mol. The molecule has 2 aromatic heterocycles. The Morgan fingerprint density at radius 3 is 3.10 bits per heavy atom. The third kappa shape index (κ3) is 2.45. The van der Waals surface area contributed by atoms with Crippen LogP contribution >= 0.6 is 23.1 Å². The fraction of sp³-hybridized carbons (Fsp3) is 0.467. The molecule has 2 N–H and O–H groups in total. The predicted octanol–water partition coefficient (Wildman–Crippen LogP) is 2.64. The molecule has 0 unspecified atom stereocenters. The van der Waals surface area contributed by atoms with Gasteiger partial charge in [0.05, 0.1) is 4.21 Å². The molecule has 6 heteroatoms. The number of nitrogens with zero attached hydrogens (tertiary/aromatic N) is 1. The average Bonchev–Trinajstić information content (AvgIpc) is 3.20. The highest BCUT2D eigenvalue weighted by atomic mass is 32.2. The molecule has 0 saturated carbocycles. The lowest BCUT2D eigenvalue weighted by molar-refractivity contribution is 0.0926. The van der Waals surface area contributed by atoms with Crippen molar-refractivity contribution in [3.8, 4) is 0 Å². The lowest BCUT2D eigenvalue weighted by Crippen LogP contribution is -2.43. The van der Waals surface area contributed by atoms with Crippen LogP contribution in [-0.4, -0.2) is 35.3 Å². The maximum absolute atomic E-state index is 12.4. The van der Waals surface area contributed by atoms with Crippen molar-refractivity contribution >= 4 is 39.1 Å². The van der Waals surface area contributed by atoms with E-state index in [0.717, 1.165) is 16.5 Å². The fourth-order valence-electron chi connectivity index (χ4n) is 3.36. The van der Waals surface area contributed by atoms with Gasteiger partial charge in [0.1, 0.15) is 5.69 Å². The molecule has 2 saturated heterocycles. The first-order valence-electron chi connectivity index (χ1n) is 7.23. The average molecular weight is 319 g/mol. The van der Waals surface area contributed by atoms with Crippen LogP contribution < -0.4 is 10.6 Å². The molecule has 0 aliphatic carbocycles. The molecule has 0 aromatic carbocycles. The van der Waals surface area contributed by atoms with Crippen LogP contribution in [-0.2, 0) is 0 Å². The molecule has 2 aromatic rings. The van der Waals surface area contributed by atoms with Crippen LogP contribution in [0.2, 0.25) is 0 Å². The Kier molecular flexibility index (Phi) is 3.40. The molecule has 110 valence electrons. The van der Waals surface area contributed by atoms with E-state index in [2.05, 4.69) is 27.9 Å². The zero-order valence-electron chi connectivity index (χ0n) is 11.8. The number of nitrogens with one attached hydrogen (secondary N) is 2. The van der Waals surface area contributed by atoms with Crippen LogP contribution in [0.4, 0.5) is 0 Å². The van der Waals surface area contributed by atoms with E-state index >= 15 is 0 Å². The molecule has 0 spiro atoms. The van der Waals surface area contributed by atoms with E-state index < -0.39 is 0 Å². The van der Waals surface area contributed by atoms with E-state index in [1.807, 2.05) is 6.07 Å². The number of hydrogen-bond acceptors (Lipinski definition) is 5. The molecular formula is C15H17N3OS2. The van der Waals surface area contributed by atoms with Crippen LogP contribution in [0.15, 0.2) is 22.5 Å². The third-order valence-corrected chi connectivity index (χ3v) is 6.59. The topological polar surface area (TPSA) is 54.0 Å². The highest BCUT2D eigenvalue weighted by Crippen LogP contribution is 2.32. The minimum absolute atomic E-state index is 0.0460. The second-order valence-electron chi connectivity index (χ2n) is 5.74. The van der Waals surface area contributed by atoms with Crippen LogP contribution in [0.5, 0.6) is 0 Å². The summed E-state index contributed by atoms with van der Waals surface area (Å²) in [5.74, 6) is -0.0460. The molecule has 4 rings (SSSR count). The molecule has 21 heavy (non-hydrogen) atoms. The van der Waals surface area contributed by atoms with E-state index in [9.17, 15) is 4.79 Å². The number of aromatic nitrogens is 1. The minimum Gasteiger partial charge on any atom is -0.346 e. The minimum atomic E-state index is -0.0460. The normalized spacial score (nSPS) is 27.4. The molecule has 2 aliphatic heterocycles. The number of pyridine rings is 1. The largest absolute Gasteiger partial charge is 0.346 e. The summed E-state index contributed by atoms with van der Waals surface area (Å²) in [6, 6.07) is 5.35. The number of carbonyl (C=O) groups excluding carboxylic acids is 1. The van der Waals surface area contributed by atoms with Gasteiger partial charge in [0.15, 0.2) is 0 Å². The first-order valence-corrected chi connectivity index (χ1v) is 9.27. The zero-order chi connectivity index (χ0) is 14.4. The number of carbonyl (C=O) groups is 1. The summed E-state index contributed by atoms with van der Waals surface area (Å²) in [5, 5.41) is 7.80. The molecule has 3 atom stereocenters. The van der Waals surface area contributed by atoms with Crippen molar-refractivity contribution in [1.82, 2.24) is 15.6 Å². The Bertz CT molecular complexity index is 699. The van der Waals surface area contributed by atoms with E-state index in [-0.39, 0.29) is 11.9 Å². The third-order valence-electron chi connectivity index (χ3n) is 4.43. The smallest absolute Gasteiger partial charge is 0.270 e. The Balaban J connectivity index is 1.53. The summed E-state index contributed by atoms with van der Waals surface area (Å²) in [4.78, 5) is 16.7. The van der Waals surface area contributed by atoms with Crippen molar-refractivity contribution in [2.24, 2.45) is 0 Å². The van der Waals surface area contributed by atoms with Gasteiger partial charge in [-0.05, 0) is 37.7 Å². The summed E-state index contributed by atoms with van der Waals surface area (Å²) in [6.45, 7) is 0. The second-order valence-corrected chi connectivity index (χ2v) is 7.93. The van der Waals surface area contributed by atoms with E-state index in [1.165, 1.54) is 17.1 Å². The number of amides is 1. The zero-order valence-corrected chi connectivity index (χ0v) is 13.4. The number of rotatable bonds is 3. The van der Waals surface area contributed by atoms with Gasteiger partial charge in [0.25, 0.3) is 5.91 Å². The van der Waals surface area contributed by atoms with Crippen LogP contribution in [0.1, 0.15) is 29.8 Å². The maximum Gasteiger partial charge on any atom is 0.270 e. The summed E-state index contributed by atoms with van der Waals surface area (Å²) >= 11 is 3.44. The molecular weight excluding hydrogens is 302 g/mol. The van der Waals surface area contributed by atoms with Crippen molar-refractivity contribution in [2.75, 3.05) is 6.26 Å². The SMILES string of the molecule is CSc1cc2cnc(C(=O)N[C@@H]3C[C@H]4CC[C@@H]3N4)cc2s1. The fourth-order valence-corrected chi connectivity index (χ4v) is 5.01. The summed E-state index contributed by atoms with van der Waals surface area (Å²) in [5.41, 5.74) is 0.528. The number of fused-ring (bicyclic) bond motifs is 3. The predicted molar refractivity (Wildman–Crippen MR) is 87.2 cm³/mol. The van der Waals surface area contributed by atoms with Gasteiger partial charge < -0.3 is 10.6 Å². The Morgan fingerprint density at radius 1 is 1.48 bits per heavy atom. The first-order chi connectivity index (χ1) is 10.2. The maximum atomic E-state index is 12.4. The van der Waals surface area contributed by atoms with Gasteiger partial charge in [-0.1, -0.05) is 0 Å². The molecule has 4 nitrogen and oxygen atoms in total. The molecule has 0 radical (unpaired) electrons. The number of thiophene rings is 1. The van der Waals surface area contributed by atoms with Gasteiger partial charge in [0.2, 0.25) is 0 Å². The van der Waals surface area contributed by atoms with Gasteiger partial charge in [-0.15, -0.1) is 23.1 Å². The van der Waals surface area contributed by atoms with E-state index in [0.29, 0.717) is 17.8 Å². The summed E-state index contributed by atoms with van der Waals surface area (Å²) in [6.07, 6.45) is 7.33. The van der Waals surface area contributed by atoms with Gasteiger partial charge in [-0.2, -0.15) is 0 Å². The van der Waals surface area contributed by atoms with Gasteiger partial charge in [-0.3, -0.25) is 9.78 Å². The standard InChI is InChI=1S/C15H17N3OS2/c1-20-14-4-8-7-16-12(6-13(8)21-14)15(19)18-11-5-9-2-3-10(11)17-9/h4,6-7,9-11,17H,2-3,5H2,1H3,(H,18,19)/t9-,10+,11-/m1/s1. The molecule has 2 aliphatic rings. The molecule has 2 fully saturated rings. The number of hydrogen-bond donors (Lipinski definition) is 2. The first kappa shape index (κ1) is 13.5. The van der Waals surface area contributed by atoms with Crippen molar-refractivity contribution in [3.63, 3.8) is 0 Å². The Labute approximate surface area is 131 Å². The Hall–Kier alpha value is -1.11. The van der Waals surface area contributed by atoms with Gasteiger partial charge in [0, 0.05) is 34.4 Å². The highest BCUT2D eigenvalue weighted by molar-refractivity contribution is 8.00. The quantitative estimate of drug-likeness (QED) is 0.854. The van der Waals surface area contributed by atoms with Crippen LogP contribution in [0, 0.1) is 0 Å². The van der Waals surface area contributed by atoms with E-state index in [4.69, 9.17) is 0 Å². The molecule has 4 heterocycles. The second kappa shape index (κ2) is 5.26. The van der Waals surface area contributed by atoms with Crippen LogP contribution in [0.3, 0.4) is 0 Å². The summed E-state index contributed by atoms with van der Waals surface area (Å²) in [7, 11) is 0. The van der Waals surface area contributed by atoms with Crippen molar-refractivity contribution < 1.29 is 4.79 Å². The van der Waals surface area contributed by atoms with E-state index in [1.54, 1.807) is 29.3 Å². The van der Waals surface area contributed by atoms with Crippen molar-refractivity contribution in [3.05, 3.63) is 24.0 Å². The number of thioether (sulfide) groups is 1. The van der Waals surface area contributed by atoms with Crippen molar-refractivity contribution in [1.29, 1.82) is 0 Å². The van der Waals surface area contributed by atoms with Gasteiger partial charge >= 0.3 is 0 Å². The Morgan fingerprint density at radius 2 is 2.38 bits per heavy atom. The lowest BCUT2D eigenvalue weighted by Gasteiger charge is -2.21. The highest BCUT2D eigenvalue weighted by Gasteiger charge is 2.39. The van der Waals surface area contributed by atoms with Crippen LogP contribution in [0.25, 0.3) is 10.1 Å². The summed E-state index contributed by atoms with van der Waals surface area (Å²) < 4.78 is 2.38. The molecule has 2 bridgehead atoms. The molecule has 1 amide bonds. The lowest BCUT2D eigenvalue weighted by atomic mass is 9.95. The van der Waals surface area contributed by atoms with Gasteiger partial charge in [-0.25, -0.2) is 0 Å².